The summed E-state index contributed by atoms with van der Waals surface area (Å²) in [6.45, 7) is 3.91. The van der Waals surface area contributed by atoms with Crippen LogP contribution in [-0.2, 0) is 0 Å². The average Bonchev–Trinajstić information content (AvgIpc) is 3.14. The van der Waals surface area contributed by atoms with Crippen molar-refractivity contribution in [1.82, 2.24) is 5.16 Å². The number of fused-ring (bicyclic) bond motifs is 2. The van der Waals surface area contributed by atoms with Crippen molar-refractivity contribution in [2.75, 3.05) is 5.32 Å². The molecule has 1 aliphatic rings. The van der Waals surface area contributed by atoms with Crippen LogP contribution >= 0.6 is 0 Å². The summed E-state index contributed by atoms with van der Waals surface area (Å²) < 4.78 is 5.57. The van der Waals surface area contributed by atoms with Crippen LogP contribution in [0, 0.1) is 13.8 Å². The molecule has 1 N–H and O–H groups in total. The number of ketones is 1. The number of rotatable bonds is 2. The number of aryl methyl sites for hydroxylation is 2. The fourth-order valence-corrected chi connectivity index (χ4v) is 3.69. The Morgan fingerprint density at radius 3 is 2.57 bits per heavy atom. The Bertz CT molecular complexity index is 1300. The van der Waals surface area contributed by atoms with Crippen molar-refractivity contribution < 1.29 is 14.1 Å². The molecule has 1 aliphatic carbocycles. The number of nitrogens with one attached hydrogen (secondary N) is 1. The molecule has 0 fully saturated rings. The Morgan fingerprint density at radius 2 is 1.75 bits per heavy atom. The minimum Gasteiger partial charge on any atom is -0.355 e. The van der Waals surface area contributed by atoms with Crippen molar-refractivity contribution in [3.63, 3.8) is 0 Å². The van der Waals surface area contributed by atoms with Crippen LogP contribution in [0.1, 0.15) is 37.4 Å². The lowest BCUT2D eigenvalue weighted by Crippen LogP contribution is -2.15. The number of benzene rings is 3. The van der Waals surface area contributed by atoms with Gasteiger partial charge in [-0.15, -0.1) is 0 Å². The topological polar surface area (TPSA) is 72.2 Å². The first-order chi connectivity index (χ1) is 13.5. The Morgan fingerprint density at radius 1 is 0.964 bits per heavy atom. The highest BCUT2D eigenvalue weighted by Gasteiger charge is 2.30. The summed E-state index contributed by atoms with van der Waals surface area (Å²) >= 11 is 0. The number of hydrogen-bond acceptors (Lipinski definition) is 4. The summed E-state index contributed by atoms with van der Waals surface area (Å²) in [5, 5.41) is 7.68. The molecule has 0 bridgehead atoms. The third kappa shape index (κ3) is 2.29. The van der Waals surface area contributed by atoms with Gasteiger partial charge in [-0.2, -0.15) is 0 Å². The van der Waals surface area contributed by atoms with Crippen molar-refractivity contribution in [2.45, 2.75) is 13.8 Å². The van der Waals surface area contributed by atoms with E-state index in [9.17, 15) is 9.59 Å². The molecular formula is C23H16N2O3. The predicted molar refractivity (Wildman–Crippen MR) is 107 cm³/mol. The lowest BCUT2D eigenvalue weighted by Gasteiger charge is -2.14. The van der Waals surface area contributed by atoms with E-state index >= 15 is 0 Å². The second-order valence-electron chi connectivity index (χ2n) is 7.04. The van der Waals surface area contributed by atoms with Gasteiger partial charge in [0.2, 0.25) is 0 Å². The summed E-state index contributed by atoms with van der Waals surface area (Å²) in [4.78, 5) is 25.8. The standard InChI is InChI=1S/C23H16N2O3/c1-12-7-8-13(2)18(11-12)24-23(27)17-10-9-16-19-20(17)25-28-22(19)15-6-4-3-5-14(15)21(16)26/h3-11H,1-2H3,(H,24,27). The van der Waals surface area contributed by atoms with E-state index in [1.165, 1.54) is 0 Å². The quantitative estimate of drug-likeness (QED) is 0.481. The summed E-state index contributed by atoms with van der Waals surface area (Å²) in [5.74, 6) is 0.158. The molecule has 1 heterocycles. The molecule has 28 heavy (non-hydrogen) atoms. The van der Waals surface area contributed by atoms with E-state index in [-0.39, 0.29) is 11.7 Å². The van der Waals surface area contributed by atoms with Crippen molar-refractivity contribution in [3.8, 4) is 11.3 Å². The molecular weight excluding hydrogens is 352 g/mol. The van der Waals surface area contributed by atoms with Crippen molar-refractivity contribution >= 4 is 28.3 Å². The molecule has 4 aromatic rings. The highest BCUT2D eigenvalue weighted by atomic mass is 16.5. The zero-order valence-electron chi connectivity index (χ0n) is 15.4. The van der Waals surface area contributed by atoms with Gasteiger partial charge >= 0.3 is 0 Å². The van der Waals surface area contributed by atoms with Crippen LogP contribution in [0.3, 0.4) is 0 Å². The van der Waals surface area contributed by atoms with E-state index in [2.05, 4.69) is 10.5 Å². The van der Waals surface area contributed by atoms with Gasteiger partial charge in [0.05, 0.1) is 10.9 Å². The van der Waals surface area contributed by atoms with E-state index < -0.39 is 0 Å². The van der Waals surface area contributed by atoms with E-state index in [1.54, 1.807) is 18.2 Å². The molecule has 0 atom stereocenters. The SMILES string of the molecule is Cc1ccc(C)c(NC(=O)c2ccc3c4c(onc24)-c2ccccc2C3=O)c1. The molecule has 1 amide bonds. The number of nitrogens with zero attached hydrogens (tertiary/aromatic N) is 1. The van der Waals surface area contributed by atoms with E-state index in [0.717, 1.165) is 16.8 Å². The molecule has 3 aromatic carbocycles. The van der Waals surface area contributed by atoms with Gasteiger partial charge in [-0.1, -0.05) is 41.6 Å². The fraction of sp³-hybridized carbons (Fsp3) is 0.0870. The minimum absolute atomic E-state index is 0.0854. The van der Waals surface area contributed by atoms with Crippen LogP contribution in [-0.4, -0.2) is 16.8 Å². The van der Waals surface area contributed by atoms with Crippen molar-refractivity contribution in [1.29, 1.82) is 0 Å². The summed E-state index contributed by atoms with van der Waals surface area (Å²) in [6.07, 6.45) is 0. The zero-order valence-corrected chi connectivity index (χ0v) is 15.4. The van der Waals surface area contributed by atoms with Gasteiger partial charge in [-0.05, 0) is 43.2 Å². The molecule has 136 valence electrons. The largest absolute Gasteiger partial charge is 0.355 e. The Kier molecular flexibility index (Phi) is 3.46. The molecule has 5 nitrogen and oxygen atoms in total. The normalized spacial score (nSPS) is 12.1. The smallest absolute Gasteiger partial charge is 0.258 e. The minimum atomic E-state index is -0.286. The maximum absolute atomic E-state index is 13.0. The predicted octanol–water partition coefficient (Wildman–Crippen LogP) is 4.91. The molecule has 1 aromatic heterocycles. The maximum Gasteiger partial charge on any atom is 0.258 e. The van der Waals surface area contributed by atoms with Crippen LogP contribution in [0.15, 0.2) is 59.1 Å². The van der Waals surface area contributed by atoms with E-state index in [0.29, 0.717) is 38.9 Å². The number of hydrogen-bond donors (Lipinski definition) is 1. The van der Waals surface area contributed by atoms with Crippen molar-refractivity contribution in [2.24, 2.45) is 0 Å². The van der Waals surface area contributed by atoms with E-state index in [1.807, 2.05) is 50.2 Å². The number of carbonyl (C=O) groups is 2. The number of carbonyl (C=O) groups excluding carboxylic acids is 2. The van der Waals surface area contributed by atoms with Crippen LogP contribution in [0.4, 0.5) is 5.69 Å². The first-order valence-corrected chi connectivity index (χ1v) is 8.99. The summed E-state index contributed by atoms with van der Waals surface area (Å²) in [7, 11) is 0. The van der Waals surface area contributed by atoms with E-state index in [4.69, 9.17) is 4.52 Å². The number of amides is 1. The van der Waals surface area contributed by atoms with Crippen LogP contribution < -0.4 is 5.32 Å². The van der Waals surface area contributed by atoms with Crippen LogP contribution in [0.2, 0.25) is 0 Å². The highest BCUT2D eigenvalue weighted by molar-refractivity contribution is 6.27. The molecule has 5 rings (SSSR count). The molecule has 0 unspecified atom stereocenters. The van der Waals surface area contributed by atoms with Gasteiger partial charge in [-0.3, -0.25) is 9.59 Å². The Labute approximate surface area is 161 Å². The molecule has 0 spiro atoms. The molecule has 0 saturated carbocycles. The summed E-state index contributed by atoms with van der Waals surface area (Å²) in [5.41, 5.74) is 5.35. The third-order valence-electron chi connectivity index (χ3n) is 5.18. The Balaban J connectivity index is 1.65. The van der Waals surface area contributed by atoms with Gasteiger partial charge in [0.1, 0.15) is 5.52 Å². The van der Waals surface area contributed by atoms with Crippen molar-refractivity contribution in [3.05, 3.63) is 82.4 Å². The molecule has 5 heteroatoms. The number of anilines is 1. The highest BCUT2D eigenvalue weighted by Crippen LogP contribution is 2.40. The second-order valence-corrected chi connectivity index (χ2v) is 7.04. The first kappa shape index (κ1) is 16.4. The van der Waals surface area contributed by atoms with Gasteiger partial charge in [-0.25, -0.2) is 0 Å². The second kappa shape index (κ2) is 5.89. The number of aromatic nitrogens is 1. The maximum atomic E-state index is 13.0. The third-order valence-corrected chi connectivity index (χ3v) is 5.18. The van der Waals surface area contributed by atoms with Crippen LogP contribution in [0.25, 0.3) is 22.2 Å². The molecule has 0 aliphatic heterocycles. The fourth-order valence-electron chi connectivity index (χ4n) is 3.69. The zero-order chi connectivity index (χ0) is 19.4. The average molecular weight is 368 g/mol. The molecule has 0 saturated heterocycles. The first-order valence-electron chi connectivity index (χ1n) is 8.99. The molecule has 0 radical (unpaired) electrons. The van der Waals surface area contributed by atoms with Gasteiger partial charge in [0.25, 0.3) is 5.91 Å². The lowest BCUT2D eigenvalue weighted by molar-refractivity contribution is 0.102. The summed E-state index contributed by atoms with van der Waals surface area (Å²) in [6, 6.07) is 16.5. The lowest BCUT2D eigenvalue weighted by atomic mass is 9.87. The van der Waals surface area contributed by atoms with Gasteiger partial charge in [0, 0.05) is 22.4 Å². The van der Waals surface area contributed by atoms with Crippen LogP contribution in [0.5, 0.6) is 0 Å². The van der Waals surface area contributed by atoms with Gasteiger partial charge < -0.3 is 9.84 Å². The monoisotopic (exact) mass is 368 g/mol. The van der Waals surface area contributed by atoms with Gasteiger partial charge in [0.15, 0.2) is 11.5 Å². The Hall–Kier alpha value is -3.73.